The van der Waals surface area contributed by atoms with E-state index in [2.05, 4.69) is 16.2 Å². The number of benzene rings is 2. The van der Waals surface area contributed by atoms with E-state index in [-0.39, 0.29) is 17.4 Å². The monoisotopic (exact) mass is 386 g/mol. The highest BCUT2D eigenvalue weighted by Gasteiger charge is 2.20. The van der Waals surface area contributed by atoms with E-state index in [4.69, 9.17) is 10.3 Å². The van der Waals surface area contributed by atoms with Gasteiger partial charge in [-0.25, -0.2) is 0 Å². The molecule has 0 aliphatic heterocycles. The second-order valence-electron chi connectivity index (χ2n) is 6.24. The first-order valence-electron chi connectivity index (χ1n) is 8.58. The molecule has 2 N–H and O–H groups in total. The van der Waals surface area contributed by atoms with E-state index in [9.17, 15) is 15.4 Å². The van der Waals surface area contributed by atoms with E-state index < -0.39 is 4.92 Å². The fourth-order valence-corrected chi connectivity index (χ4v) is 2.95. The molecule has 0 aliphatic rings. The highest BCUT2D eigenvalue weighted by Crippen LogP contribution is 2.30. The normalized spacial score (nSPS) is 10.6. The van der Waals surface area contributed by atoms with Crippen LogP contribution < -0.4 is 5.73 Å². The maximum absolute atomic E-state index is 10.8. The van der Waals surface area contributed by atoms with Crippen LogP contribution in [0.2, 0.25) is 0 Å². The van der Waals surface area contributed by atoms with Gasteiger partial charge in [0.1, 0.15) is 17.6 Å². The quantitative estimate of drug-likeness (QED) is 0.408. The first-order chi connectivity index (χ1) is 14.1. The molecule has 0 fully saturated rings. The molecule has 0 bridgehead atoms. The Balaban J connectivity index is 1.67. The van der Waals surface area contributed by atoms with Crippen LogP contribution >= 0.6 is 0 Å². The summed E-state index contributed by atoms with van der Waals surface area (Å²) in [5.41, 5.74) is 8.64. The summed E-state index contributed by atoms with van der Waals surface area (Å²) in [6.45, 7) is 0.433. The van der Waals surface area contributed by atoms with Gasteiger partial charge in [-0.1, -0.05) is 35.5 Å². The van der Waals surface area contributed by atoms with Gasteiger partial charge in [-0.2, -0.15) is 10.2 Å². The van der Waals surface area contributed by atoms with Crippen molar-refractivity contribution in [1.29, 1.82) is 5.26 Å². The molecule has 4 aromatic rings. The van der Waals surface area contributed by atoms with Crippen LogP contribution in [0.15, 0.2) is 65.2 Å². The van der Waals surface area contributed by atoms with Gasteiger partial charge in [0.15, 0.2) is 0 Å². The van der Waals surface area contributed by atoms with Crippen molar-refractivity contribution < 1.29 is 9.45 Å². The Labute approximate surface area is 164 Å². The number of hydrogen-bond donors (Lipinski definition) is 1. The predicted molar refractivity (Wildman–Crippen MR) is 104 cm³/mol. The average molecular weight is 386 g/mol. The summed E-state index contributed by atoms with van der Waals surface area (Å²) in [4.78, 5) is 14.6. The third-order valence-electron chi connectivity index (χ3n) is 4.43. The SMILES string of the molecule is N#Cc1cc(-c2noc(-c3ccc([N+](=O)[O-])cc3)n2)c(N)n1Cc1ccccc1. The van der Waals surface area contributed by atoms with E-state index in [0.29, 0.717) is 29.2 Å². The van der Waals surface area contributed by atoms with Gasteiger partial charge in [0.25, 0.3) is 11.6 Å². The Morgan fingerprint density at radius 1 is 1.17 bits per heavy atom. The zero-order valence-electron chi connectivity index (χ0n) is 15.0. The lowest BCUT2D eigenvalue weighted by Crippen LogP contribution is -2.06. The molecular formula is C20H14N6O3. The Morgan fingerprint density at radius 2 is 1.90 bits per heavy atom. The van der Waals surface area contributed by atoms with Gasteiger partial charge in [0, 0.05) is 17.7 Å². The summed E-state index contributed by atoms with van der Waals surface area (Å²) >= 11 is 0. The Hall–Kier alpha value is -4.45. The first kappa shape index (κ1) is 17.9. The van der Waals surface area contributed by atoms with Crippen molar-refractivity contribution in [2.24, 2.45) is 0 Å². The summed E-state index contributed by atoms with van der Waals surface area (Å²) in [7, 11) is 0. The van der Waals surface area contributed by atoms with Crippen molar-refractivity contribution in [2.45, 2.75) is 6.54 Å². The van der Waals surface area contributed by atoms with Crippen LogP contribution in [0.1, 0.15) is 11.3 Å². The van der Waals surface area contributed by atoms with E-state index in [1.807, 2.05) is 30.3 Å². The average Bonchev–Trinajstić information content (AvgIpc) is 3.34. The summed E-state index contributed by atoms with van der Waals surface area (Å²) in [5, 5.41) is 24.2. The van der Waals surface area contributed by atoms with Crippen LogP contribution in [0.4, 0.5) is 11.5 Å². The van der Waals surface area contributed by atoms with Crippen molar-refractivity contribution >= 4 is 11.5 Å². The minimum absolute atomic E-state index is 0.0330. The lowest BCUT2D eigenvalue weighted by atomic mass is 10.2. The van der Waals surface area contributed by atoms with Gasteiger partial charge in [0.05, 0.1) is 17.0 Å². The Kier molecular flexibility index (Phi) is 4.50. The van der Waals surface area contributed by atoms with E-state index >= 15 is 0 Å². The number of aromatic nitrogens is 3. The zero-order chi connectivity index (χ0) is 20.4. The van der Waals surface area contributed by atoms with Gasteiger partial charge in [-0.3, -0.25) is 10.1 Å². The molecular weight excluding hydrogens is 372 g/mol. The molecule has 2 heterocycles. The molecule has 0 aliphatic carbocycles. The number of nitrogens with zero attached hydrogens (tertiary/aromatic N) is 5. The molecule has 29 heavy (non-hydrogen) atoms. The molecule has 9 nitrogen and oxygen atoms in total. The molecule has 0 saturated heterocycles. The third-order valence-corrected chi connectivity index (χ3v) is 4.43. The Morgan fingerprint density at radius 3 is 2.55 bits per heavy atom. The lowest BCUT2D eigenvalue weighted by molar-refractivity contribution is -0.384. The molecule has 9 heteroatoms. The second kappa shape index (κ2) is 7.28. The number of non-ortho nitro benzene ring substituents is 1. The van der Waals surface area contributed by atoms with Gasteiger partial charge in [0.2, 0.25) is 5.82 Å². The summed E-state index contributed by atoms with van der Waals surface area (Å²) in [6, 6.07) is 19.2. The maximum atomic E-state index is 10.8. The molecule has 0 atom stereocenters. The number of anilines is 1. The molecule has 0 spiro atoms. The molecule has 0 saturated carbocycles. The van der Waals surface area contributed by atoms with Crippen molar-refractivity contribution in [3.05, 3.63) is 82.0 Å². The summed E-state index contributed by atoms with van der Waals surface area (Å²) < 4.78 is 6.97. The van der Waals surface area contributed by atoms with Crippen molar-refractivity contribution in [3.63, 3.8) is 0 Å². The highest BCUT2D eigenvalue weighted by atomic mass is 16.6. The lowest BCUT2D eigenvalue weighted by Gasteiger charge is -2.07. The topological polar surface area (TPSA) is 137 Å². The fraction of sp³-hybridized carbons (Fsp3) is 0.0500. The summed E-state index contributed by atoms with van der Waals surface area (Å²) in [6.07, 6.45) is 0. The smallest absolute Gasteiger partial charge is 0.269 e. The molecule has 142 valence electrons. The van der Waals surface area contributed by atoms with E-state index in [0.717, 1.165) is 5.56 Å². The summed E-state index contributed by atoms with van der Waals surface area (Å²) in [5.74, 6) is 0.782. The van der Waals surface area contributed by atoms with Gasteiger partial charge < -0.3 is 14.8 Å². The highest BCUT2D eigenvalue weighted by molar-refractivity contribution is 5.73. The van der Waals surface area contributed by atoms with Crippen LogP contribution in [0.25, 0.3) is 22.8 Å². The van der Waals surface area contributed by atoms with Crippen molar-refractivity contribution in [1.82, 2.24) is 14.7 Å². The van der Waals surface area contributed by atoms with Crippen LogP contribution in [-0.4, -0.2) is 19.6 Å². The number of nitro benzene ring substituents is 1. The van der Waals surface area contributed by atoms with Gasteiger partial charge >= 0.3 is 0 Å². The number of nitrogens with two attached hydrogens (primary N) is 1. The number of nitro groups is 1. The fourth-order valence-electron chi connectivity index (χ4n) is 2.95. The minimum atomic E-state index is -0.484. The second-order valence-corrected chi connectivity index (χ2v) is 6.24. The maximum Gasteiger partial charge on any atom is 0.269 e. The molecule has 2 aromatic heterocycles. The number of rotatable bonds is 5. The van der Waals surface area contributed by atoms with Gasteiger partial charge in [-0.05, 0) is 23.8 Å². The largest absolute Gasteiger partial charge is 0.384 e. The van der Waals surface area contributed by atoms with E-state index in [1.54, 1.807) is 10.6 Å². The first-order valence-corrected chi connectivity index (χ1v) is 8.58. The van der Waals surface area contributed by atoms with Crippen LogP contribution in [0.3, 0.4) is 0 Å². The standard InChI is InChI=1S/C20H14N6O3/c21-11-16-10-17(18(22)25(16)12-13-4-2-1-3-5-13)19-23-20(29-24-19)14-6-8-15(9-7-14)26(27)28/h1-10H,12,22H2. The van der Waals surface area contributed by atoms with E-state index in [1.165, 1.54) is 24.3 Å². The van der Waals surface area contributed by atoms with Crippen LogP contribution in [0.5, 0.6) is 0 Å². The van der Waals surface area contributed by atoms with Crippen molar-refractivity contribution in [2.75, 3.05) is 5.73 Å². The number of hydrogen-bond acceptors (Lipinski definition) is 7. The minimum Gasteiger partial charge on any atom is -0.384 e. The van der Waals surface area contributed by atoms with Crippen LogP contribution in [0, 0.1) is 21.4 Å². The van der Waals surface area contributed by atoms with Crippen molar-refractivity contribution in [3.8, 4) is 28.9 Å². The molecule has 0 unspecified atom stereocenters. The molecule has 0 radical (unpaired) electrons. The number of nitrogen functional groups attached to an aromatic ring is 1. The number of nitriles is 1. The zero-order valence-corrected chi connectivity index (χ0v) is 15.0. The third kappa shape index (κ3) is 3.42. The molecule has 4 rings (SSSR count). The Bertz CT molecular complexity index is 1220. The van der Waals surface area contributed by atoms with Gasteiger partial charge in [-0.15, -0.1) is 0 Å². The predicted octanol–water partition coefficient (Wildman–Crippen LogP) is 3.62. The van der Waals surface area contributed by atoms with Crippen LogP contribution in [-0.2, 0) is 6.54 Å². The molecule has 0 amide bonds. The molecule has 2 aromatic carbocycles.